The van der Waals surface area contributed by atoms with Crippen molar-refractivity contribution in [3.8, 4) is 22.6 Å². The van der Waals surface area contributed by atoms with E-state index >= 15 is 0 Å². The van der Waals surface area contributed by atoms with Gasteiger partial charge in [-0.15, -0.1) is 0 Å². The van der Waals surface area contributed by atoms with E-state index in [9.17, 15) is 0 Å². The number of para-hydroxylation sites is 2. The monoisotopic (exact) mass is 688 g/mol. The standard InChI is InChI=1S/C51H32N2O/c1-3-15-32(16-4-1)35-29-41(33-17-5-2-6-18-33)50-52-49(53(50)31-35)34-27-28-40-44(30-34)51(42-23-11-13-25-45(42)54-46-26-14-12-24-43(46)51)48-39-22-10-8-20-37(39)36-19-7-9-21-38(36)47(40)48/h1-31,49H. The normalized spacial score (nSPS) is 16.9. The second-order valence-corrected chi connectivity index (χ2v) is 14.6. The van der Waals surface area contributed by atoms with E-state index in [1.165, 1.54) is 60.5 Å². The van der Waals surface area contributed by atoms with Gasteiger partial charge in [0.25, 0.3) is 0 Å². The summed E-state index contributed by atoms with van der Waals surface area (Å²) in [6.07, 6.45) is 4.40. The van der Waals surface area contributed by atoms with Crippen molar-refractivity contribution in [1.29, 1.82) is 0 Å². The highest BCUT2D eigenvalue weighted by Gasteiger charge is 2.53. The van der Waals surface area contributed by atoms with E-state index in [1.807, 2.05) is 0 Å². The molecule has 3 heterocycles. The third-order valence-electron chi connectivity index (χ3n) is 11.9. The number of hydrogen-bond donors (Lipinski definition) is 0. The van der Waals surface area contributed by atoms with Crippen molar-refractivity contribution in [3.05, 3.63) is 227 Å². The average molecular weight is 689 g/mol. The van der Waals surface area contributed by atoms with Crippen LogP contribution in [0.2, 0.25) is 0 Å². The molecule has 0 fully saturated rings. The number of rotatable bonds is 3. The van der Waals surface area contributed by atoms with Crippen LogP contribution in [0.4, 0.5) is 0 Å². The summed E-state index contributed by atoms with van der Waals surface area (Å²) in [5.74, 6) is 2.79. The van der Waals surface area contributed by atoms with Crippen LogP contribution in [0.5, 0.6) is 11.5 Å². The molecular formula is C51H32N2O. The highest BCUT2D eigenvalue weighted by atomic mass is 16.5. The molecule has 54 heavy (non-hydrogen) atoms. The van der Waals surface area contributed by atoms with Crippen LogP contribution in [-0.4, -0.2) is 10.7 Å². The van der Waals surface area contributed by atoms with Crippen LogP contribution in [0.3, 0.4) is 0 Å². The van der Waals surface area contributed by atoms with Gasteiger partial charge in [0.1, 0.15) is 17.3 Å². The Morgan fingerprint density at radius 1 is 0.519 bits per heavy atom. The van der Waals surface area contributed by atoms with E-state index < -0.39 is 5.41 Å². The van der Waals surface area contributed by atoms with Gasteiger partial charge in [0.05, 0.1) is 5.41 Å². The molecule has 0 saturated carbocycles. The second-order valence-electron chi connectivity index (χ2n) is 14.6. The number of amidine groups is 1. The quantitative estimate of drug-likeness (QED) is 0.173. The van der Waals surface area contributed by atoms with Crippen molar-refractivity contribution in [2.24, 2.45) is 4.99 Å². The smallest absolute Gasteiger partial charge is 0.154 e. The molecule has 252 valence electrons. The van der Waals surface area contributed by atoms with Crippen LogP contribution in [0.25, 0.3) is 43.8 Å². The molecule has 3 nitrogen and oxygen atoms in total. The Morgan fingerprint density at radius 3 is 1.80 bits per heavy atom. The summed E-state index contributed by atoms with van der Waals surface area (Å²) in [5, 5.41) is 5.07. The lowest BCUT2D eigenvalue weighted by atomic mass is 9.65. The molecule has 0 saturated heterocycles. The number of benzene rings is 8. The second kappa shape index (κ2) is 11.0. The first-order valence-electron chi connectivity index (χ1n) is 18.7. The molecule has 12 rings (SSSR count). The van der Waals surface area contributed by atoms with Gasteiger partial charge in [-0.1, -0.05) is 158 Å². The lowest BCUT2D eigenvalue weighted by Crippen LogP contribution is -2.41. The maximum atomic E-state index is 6.74. The van der Waals surface area contributed by atoms with Crippen LogP contribution < -0.4 is 4.74 Å². The van der Waals surface area contributed by atoms with Gasteiger partial charge in [0.2, 0.25) is 0 Å². The molecule has 8 aromatic rings. The third-order valence-corrected chi connectivity index (χ3v) is 11.9. The van der Waals surface area contributed by atoms with Crippen LogP contribution in [-0.2, 0) is 5.41 Å². The van der Waals surface area contributed by atoms with Gasteiger partial charge in [0, 0.05) is 22.9 Å². The highest BCUT2D eigenvalue weighted by Crippen LogP contribution is 2.65. The molecule has 1 spiro atoms. The van der Waals surface area contributed by atoms with Gasteiger partial charge in [-0.3, -0.25) is 0 Å². The summed E-state index contributed by atoms with van der Waals surface area (Å²) in [4.78, 5) is 7.77. The molecule has 3 heteroatoms. The van der Waals surface area contributed by atoms with Crippen molar-refractivity contribution >= 4 is 38.5 Å². The van der Waals surface area contributed by atoms with Crippen LogP contribution in [0.1, 0.15) is 45.1 Å². The van der Waals surface area contributed by atoms with Gasteiger partial charge in [0.15, 0.2) is 6.17 Å². The Morgan fingerprint density at radius 2 is 1.09 bits per heavy atom. The first-order chi connectivity index (χ1) is 26.8. The predicted molar refractivity (Wildman–Crippen MR) is 220 cm³/mol. The minimum atomic E-state index is -0.617. The molecule has 0 N–H and O–H groups in total. The van der Waals surface area contributed by atoms with E-state index in [2.05, 4.69) is 193 Å². The summed E-state index contributed by atoms with van der Waals surface area (Å²) in [6.45, 7) is 0. The number of allylic oxidation sites excluding steroid dienone is 2. The average Bonchev–Trinajstić information content (AvgIpc) is 3.53. The van der Waals surface area contributed by atoms with Crippen LogP contribution in [0, 0.1) is 0 Å². The minimum Gasteiger partial charge on any atom is -0.457 e. The van der Waals surface area contributed by atoms with E-state index in [-0.39, 0.29) is 6.17 Å². The minimum absolute atomic E-state index is 0.170. The zero-order valence-corrected chi connectivity index (χ0v) is 29.3. The maximum absolute atomic E-state index is 6.74. The zero-order valence-electron chi connectivity index (χ0n) is 29.3. The first kappa shape index (κ1) is 29.6. The van der Waals surface area contributed by atoms with Crippen molar-refractivity contribution in [1.82, 2.24) is 4.90 Å². The van der Waals surface area contributed by atoms with E-state index in [0.717, 1.165) is 39.6 Å². The van der Waals surface area contributed by atoms with Crippen molar-refractivity contribution in [2.75, 3.05) is 0 Å². The van der Waals surface area contributed by atoms with E-state index in [4.69, 9.17) is 9.73 Å². The third kappa shape index (κ3) is 3.88. The summed E-state index contributed by atoms with van der Waals surface area (Å²) in [5.41, 5.74) is 12.7. The number of aliphatic imine (C=N–C) groups is 1. The van der Waals surface area contributed by atoms with Crippen molar-refractivity contribution < 1.29 is 4.74 Å². The summed E-state index contributed by atoms with van der Waals surface area (Å²) in [7, 11) is 0. The maximum Gasteiger partial charge on any atom is 0.154 e. The predicted octanol–water partition coefficient (Wildman–Crippen LogP) is 12.3. The fourth-order valence-corrected chi connectivity index (χ4v) is 9.66. The van der Waals surface area contributed by atoms with Crippen molar-refractivity contribution in [3.63, 3.8) is 0 Å². The van der Waals surface area contributed by atoms with Gasteiger partial charge in [-0.2, -0.15) is 0 Å². The molecule has 0 amide bonds. The fourth-order valence-electron chi connectivity index (χ4n) is 9.66. The molecule has 1 unspecified atom stereocenters. The Bertz CT molecular complexity index is 2930. The summed E-state index contributed by atoms with van der Waals surface area (Å²) in [6, 6.07) is 63.6. The molecule has 0 aromatic heterocycles. The summed E-state index contributed by atoms with van der Waals surface area (Å²) < 4.78 is 6.74. The van der Waals surface area contributed by atoms with Gasteiger partial charge in [-0.25, -0.2) is 4.99 Å². The Labute approximate surface area is 313 Å². The molecular weight excluding hydrogens is 657 g/mol. The van der Waals surface area contributed by atoms with Gasteiger partial charge < -0.3 is 9.64 Å². The fraction of sp³-hybridized carbons (Fsp3) is 0.0392. The Kier molecular flexibility index (Phi) is 6.04. The number of nitrogens with zero attached hydrogens (tertiary/aromatic N) is 2. The van der Waals surface area contributed by atoms with E-state index in [1.54, 1.807) is 0 Å². The van der Waals surface area contributed by atoms with Gasteiger partial charge >= 0.3 is 0 Å². The molecule has 3 aliphatic heterocycles. The lowest BCUT2D eigenvalue weighted by Gasteiger charge is -2.43. The molecule has 0 bridgehead atoms. The zero-order chi connectivity index (χ0) is 35.4. The Balaban J connectivity index is 1.14. The summed E-state index contributed by atoms with van der Waals surface area (Å²) >= 11 is 0. The molecule has 1 aliphatic carbocycles. The first-order valence-corrected chi connectivity index (χ1v) is 18.7. The number of ether oxygens (including phenoxy) is 1. The molecule has 0 radical (unpaired) electrons. The lowest BCUT2D eigenvalue weighted by molar-refractivity contribution is 0.369. The van der Waals surface area contributed by atoms with Gasteiger partial charge in [-0.05, 0) is 90.3 Å². The Hall–Kier alpha value is -6.97. The van der Waals surface area contributed by atoms with Crippen molar-refractivity contribution in [2.45, 2.75) is 11.6 Å². The molecule has 8 aromatic carbocycles. The van der Waals surface area contributed by atoms with Crippen LogP contribution >= 0.6 is 0 Å². The topological polar surface area (TPSA) is 24.8 Å². The SMILES string of the molecule is C1=C(c2ccccc2)C=C(c2ccccc2)C2=NC(c3ccc4c(c3)C3(c5ccccc5Oc5ccccc53)c3c-4c4ccccc4c4ccccc34)N12. The number of fused-ring (bicyclic) bond motifs is 15. The molecule has 4 aliphatic rings. The van der Waals surface area contributed by atoms with E-state index in [0.29, 0.717) is 0 Å². The van der Waals surface area contributed by atoms with Crippen LogP contribution in [0.15, 0.2) is 193 Å². The largest absolute Gasteiger partial charge is 0.457 e. The number of hydrogen-bond acceptors (Lipinski definition) is 3. The highest BCUT2D eigenvalue weighted by molar-refractivity contribution is 6.28. The molecule has 1 atom stereocenters.